The second-order valence-corrected chi connectivity index (χ2v) is 6.22. The second-order valence-electron chi connectivity index (χ2n) is 5.30. The van der Waals surface area contributed by atoms with Crippen LogP contribution in [0.25, 0.3) is 22.5 Å². The fraction of sp³-hybridized carbons (Fsp3) is 0.167. The van der Waals surface area contributed by atoms with Crippen LogP contribution in [0.15, 0.2) is 62.7 Å². The average Bonchev–Trinajstić information content (AvgIpc) is 3.26. The van der Waals surface area contributed by atoms with Crippen LogP contribution in [-0.4, -0.2) is 15.1 Å². The Morgan fingerprint density at radius 2 is 1.83 bits per heavy atom. The van der Waals surface area contributed by atoms with Gasteiger partial charge < -0.3 is 8.94 Å². The van der Waals surface area contributed by atoms with Gasteiger partial charge in [0.25, 0.3) is 5.22 Å². The maximum atomic E-state index is 5.67. The molecule has 4 rings (SSSR count). The van der Waals surface area contributed by atoms with Crippen LogP contribution in [-0.2, 0) is 12.2 Å². The number of nitrogens with zero attached hydrogens (tertiary/aromatic N) is 3. The Labute approximate surface area is 143 Å². The van der Waals surface area contributed by atoms with Crippen molar-refractivity contribution in [3.05, 3.63) is 60.0 Å². The molecule has 0 spiro atoms. The van der Waals surface area contributed by atoms with E-state index in [0.29, 0.717) is 22.7 Å². The van der Waals surface area contributed by atoms with Gasteiger partial charge >= 0.3 is 0 Å². The first kappa shape index (κ1) is 15.0. The molecule has 0 atom stereocenters. The van der Waals surface area contributed by atoms with Crippen molar-refractivity contribution in [1.82, 2.24) is 15.1 Å². The van der Waals surface area contributed by atoms with Crippen LogP contribution in [0, 0.1) is 0 Å². The van der Waals surface area contributed by atoms with E-state index in [1.165, 1.54) is 17.3 Å². The maximum absolute atomic E-state index is 5.67. The highest BCUT2D eigenvalue weighted by atomic mass is 32.2. The van der Waals surface area contributed by atoms with Gasteiger partial charge in [-0.05, 0) is 24.1 Å². The Hall–Kier alpha value is -2.60. The summed E-state index contributed by atoms with van der Waals surface area (Å²) in [6.45, 7) is 2.13. The maximum Gasteiger partial charge on any atom is 0.257 e. The van der Waals surface area contributed by atoms with Crippen LogP contribution in [0.4, 0.5) is 0 Å². The molecule has 0 saturated carbocycles. The van der Waals surface area contributed by atoms with Gasteiger partial charge in [0.15, 0.2) is 5.58 Å². The van der Waals surface area contributed by atoms with Crippen LogP contribution in [0.3, 0.4) is 0 Å². The highest BCUT2D eigenvalue weighted by Gasteiger charge is 2.11. The zero-order chi connectivity index (χ0) is 16.4. The molecular weight excluding hydrogens is 322 g/mol. The van der Waals surface area contributed by atoms with Crippen LogP contribution in [0.5, 0.6) is 0 Å². The van der Waals surface area contributed by atoms with E-state index in [1.54, 1.807) is 0 Å². The molecule has 0 fully saturated rings. The third-order valence-electron chi connectivity index (χ3n) is 3.68. The summed E-state index contributed by atoms with van der Waals surface area (Å²) in [7, 11) is 0. The molecular formula is C18H15N3O2S. The van der Waals surface area contributed by atoms with Gasteiger partial charge in [-0.25, -0.2) is 4.98 Å². The zero-order valence-corrected chi connectivity index (χ0v) is 13.9. The largest absolute Gasteiger partial charge is 0.431 e. The van der Waals surface area contributed by atoms with E-state index in [2.05, 4.69) is 34.2 Å². The molecule has 0 radical (unpaired) electrons. The summed E-state index contributed by atoms with van der Waals surface area (Å²) < 4.78 is 11.0. The number of oxazole rings is 1. The fourth-order valence-corrected chi connectivity index (χ4v) is 3.03. The van der Waals surface area contributed by atoms with Gasteiger partial charge in [-0.1, -0.05) is 60.2 Å². The Kier molecular flexibility index (Phi) is 4.04. The number of aromatic nitrogens is 3. The Morgan fingerprint density at radius 1 is 1.00 bits per heavy atom. The fourth-order valence-electron chi connectivity index (χ4n) is 2.36. The molecule has 0 unspecified atom stereocenters. The quantitative estimate of drug-likeness (QED) is 0.490. The van der Waals surface area contributed by atoms with Gasteiger partial charge in [0.1, 0.15) is 5.52 Å². The molecule has 120 valence electrons. The molecule has 0 aliphatic heterocycles. The predicted octanol–water partition coefficient (Wildman–Crippen LogP) is 4.73. The number of hydrogen-bond acceptors (Lipinski definition) is 6. The van der Waals surface area contributed by atoms with E-state index in [-0.39, 0.29) is 0 Å². The standard InChI is InChI=1S/C18H15N3O2S/c1-2-12-7-9-13(10-8-12)17-20-16(23-21-17)11-24-18-19-14-5-3-4-6-15(14)22-18/h3-10H,2,11H2,1H3. The number of aryl methyl sites for hydroxylation is 1. The smallest absolute Gasteiger partial charge is 0.257 e. The third kappa shape index (κ3) is 3.05. The number of benzene rings is 2. The molecule has 0 N–H and O–H groups in total. The van der Waals surface area contributed by atoms with E-state index in [0.717, 1.165) is 23.1 Å². The molecule has 2 heterocycles. The SMILES string of the molecule is CCc1ccc(-c2noc(CSc3nc4ccccc4o3)n2)cc1. The lowest BCUT2D eigenvalue weighted by atomic mass is 10.1. The average molecular weight is 337 g/mol. The summed E-state index contributed by atoms with van der Waals surface area (Å²) in [5.74, 6) is 1.68. The Bertz CT molecular complexity index is 927. The zero-order valence-electron chi connectivity index (χ0n) is 13.1. The number of para-hydroxylation sites is 2. The molecule has 0 saturated heterocycles. The van der Waals surface area contributed by atoms with Crippen LogP contribution >= 0.6 is 11.8 Å². The molecule has 24 heavy (non-hydrogen) atoms. The number of hydrogen-bond donors (Lipinski definition) is 0. The van der Waals surface area contributed by atoms with Gasteiger partial charge in [0.2, 0.25) is 11.7 Å². The third-order valence-corrected chi connectivity index (χ3v) is 4.49. The lowest BCUT2D eigenvalue weighted by Crippen LogP contribution is -1.84. The van der Waals surface area contributed by atoms with Gasteiger partial charge in [-0.3, -0.25) is 0 Å². The molecule has 0 aliphatic rings. The molecule has 0 bridgehead atoms. The van der Waals surface area contributed by atoms with Crippen molar-refractivity contribution in [3.63, 3.8) is 0 Å². The van der Waals surface area contributed by atoms with Crippen LogP contribution in [0.2, 0.25) is 0 Å². The Balaban J connectivity index is 1.46. The van der Waals surface area contributed by atoms with Crippen LogP contribution in [0.1, 0.15) is 18.4 Å². The number of thioether (sulfide) groups is 1. The summed E-state index contributed by atoms with van der Waals surface area (Å²) in [6, 6.07) is 15.9. The van der Waals surface area contributed by atoms with Crippen molar-refractivity contribution in [3.8, 4) is 11.4 Å². The van der Waals surface area contributed by atoms with Crippen molar-refractivity contribution in [2.24, 2.45) is 0 Å². The lowest BCUT2D eigenvalue weighted by Gasteiger charge is -1.97. The van der Waals surface area contributed by atoms with Crippen LogP contribution < -0.4 is 0 Å². The van der Waals surface area contributed by atoms with Gasteiger partial charge in [-0.15, -0.1) is 0 Å². The lowest BCUT2D eigenvalue weighted by molar-refractivity contribution is 0.391. The summed E-state index contributed by atoms with van der Waals surface area (Å²) in [5.41, 5.74) is 3.87. The highest BCUT2D eigenvalue weighted by Crippen LogP contribution is 2.26. The Morgan fingerprint density at radius 3 is 2.62 bits per heavy atom. The molecule has 0 aliphatic carbocycles. The predicted molar refractivity (Wildman–Crippen MR) is 92.7 cm³/mol. The molecule has 2 aromatic heterocycles. The van der Waals surface area contributed by atoms with Crippen molar-refractivity contribution in [2.75, 3.05) is 0 Å². The molecule has 4 aromatic rings. The summed E-state index contributed by atoms with van der Waals surface area (Å²) in [6.07, 6.45) is 1.01. The van der Waals surface area contributed by atoms with Gasteiger partial charge in [0, 0.05) is 5.56 Å². The van der Waals surface area contributed by atoms with Crippen molar-refractivity contribution >= 4 is 22.9 Å². The minimum atomic E-state index is 0.521. The molecule has 0 amide bonds. The minimum Gasteiger partial charge on any atom is -0.431 e. The summed E-state index contributed by atoms with van der Waals surface area (Å²) >= 11 is 1.44. The van der Waals surface area contributed by atoms with E-state index >= 15 is 0 Å². The second kappa shape index (κ2) is 6.49. The van der Waals surface area contributed by atoms with E-state index in [1.807, 2.05) is 36.4 Å². The van der Waals surface area contributed by atoms with E-state index in [9.17, 15) is 0 Å². The monoisotopic (exact) mass is 337 g/mol. The van der Waals surface area contributed by atoms with E-state index in [4.69, 9.17) is 8.94 Å². The summed E-state index contributed by atoms with van der Waals surface area (Å²) in [4.78, 5) is 8.86. The highest BCUT2D eigenvalue weighted by molar-refractivity contribution is 7.98. The normalized spacial score (nSPS) is 11.2. The van der Waals surface area contributed by atoms with Gasteiger partial charge in [0.05, 0.1) is 5.75 Å². The molecule has 6 heteroatoms. The molecule has 5 nitrogen and oxygen atoms in total. The van der Waals surface area contributed by atoms with Crippen molar-refractivity contribution < 1.29 is 8.94 Å². The first-order valence-corrected chi connectivity index (χ1v) is 8.70. The van der Waals surface area contributed by atoms with Gasteiger partial charge in [-0.2, -0.15) is 4.98 Å². The van der Waals surface area contributed by atoms with Crippen molar-refractivity contribution in [1.29, 1.82) is 0 Å². The first-order chi connectivity index (χ1) is 11.8. The minimum absolute atomic E-state index is 0.521. The van der Waals surface area contributed by atoms with Crippen molar-refractivity contribution in [2.45, 2.75) is 24.3 Å². The van der Waals surface area contributed by atoms with E-state index < -0.39 is 0 Å². The first-order valence-electron chi connectivity index (χ1n) is 7.72. The summed E-state index contributed by atoms with van der Waals surface area (Å²) in [5, 5.41) is 4.65. The number of rotatable bonds is 5. The molecule has 2 aromatic carbocycles. The number of fused-ring (bicyclic) bond motifs is 1. The topological polar surface area (TPSA) is 65.0 Å².